The summed E-state index contributed by atoms with van der Waals surface area (Å²) < 4.78 is 42.3. The molecule has 6 aromatic carbocycles. The molecule has 238 valence electrons. The summed E-state index contributed by atoms with van der Waals surface area (Å²) in [5.41, 5.74) is 6.88. The largest absolute Gasteiger partial charge is 0.248 e. The number of aromatic nitrogens is 3. The van der Waals surface area contributed by atoms with E-state index in [2.05, 4.69) is 15.8 Å². The smallest absolute Gasteiger partial charge is 0.199 e. The summed E-state index contributed by atoms with van der Waals surface area (Å²) in [5, 5.41) is 11.3. The van der Waals surface area contributed by atoms with Crippen LogP contribution in [-0.4, -0.2) is 15.0 Å². The van der Waals surface area contributed by atoms with Crippen molar-refractivity contribution in [2.24, 2.45) is 0 Å². The summed E-state index contributed by atoms with van der Waals surface area (Å²) in [6.45, 7) is 15.6. The Morgan fingerprint density at radius 3 is 1.88 bits per heavy atom. The van der Waals surface area contributed by atoms with Gasteiger partial charge in [0.1, 0.15) is 0 Å². The third-order valence-electron chi connectivity index (χ3n) is 8.71. The topological polar surface area (TPSA) is 71.2 Å². The average molecular weight is 665 g/mol. The third kappa shape index (κ3) is 5.25. The zero-order chi connectivity index (χ0) is 35.2. The van der Waals surface area contributed by atoms with Gasteiger partial charge in [0.25, 0.3) is 0 Å². The van der Waals surface area contributed by atoms with Crippen molar-refractivity contribution in [3.8, 4) is 51.0 Å². The lowest BCUT2D eigenvalue weighted by molar-refractivity contribution is 0.448. The molecule has 0 saturated heterocycles. The summed E-state index contributed by atoms with van der Waals surface area (Å²) >= 11 is 0. The molecule has 0 aliphatic carbocycles. The van der Waals surface area contributed by atoms with Crippen LogP contribution in [0, 0.1) is 41.9 Å². The first-order valence-corrected chi connectivity index (χ1v) is 15.6. The maximum atomic E-state index is 14.2. The van der Waals surface area contributed by atoms with Gasteiger partial charge in [-0.05, 0) is 59.2 Å². The molecule has 2 heterocycles. The van der Waals surface area contributed by atoms with Crippen LogP contribution in [0.2, 0.25) is 0 Å². The van der Waals surface area contributed by atoms with E-state index in [1.165, 1.54) is 0 Å². The molecule has 0 spiro atoms. The zero-order valence-electron chi connectivity index (χ0n) is 26.3. The normalized spacial score (nSPS) is 11.0. The Morgan fingerprint density at radius 1 is 0.549 bits per heavy atom. The Hall–Kier alpha value is -7.41. The fraction of sp³-hybridized carbons (Fsp3) is 0. The molecule has 9 heteroatoms. The molecule has 8 rings (SSSR count). The molecular weight excluding hydrogens is 645 g/mol. The number of fused-ring (bicyclic) bond motifs is 5. The summed E-state index contributed by atoms with van der Waals surface area (Å²) in [4.78, 5) is 22.8. The standard InChI is InChI=1S/C42H19F3N6/c1-47-29-16-14-25(15-17-29)40-41(24-12-10-23(22-46)11-13-24)51-42-35(50-40)21-34(48-2)37-36(42)30-8-3-4-9-33(30)49-39(37)27-7-5-6-26(18-27)28-19-31(43)38(45)32(44)20-28/h3-21H. The van der Waals surface area contributed by atoms with E-state index in [4.69, 9.17) is 28.1 Å². The molecule has 2 aromatic heterocycles. The summed E-state index contributed by atoms with van der Waals surface area (Å²) in [6, 6.07) is 34.1. The lowest BCUT2D eigenvalue weighted by Gasteiger charge is -2.17. The Kier molecular flexibility index (Phi) is 7.41. The SMILES string of the molecule is [C-]#[N+]c1ccc(-c2nc3cc([N+]#[C-])c4c(-c5cccc(-c6cc(F)c(F)c(F)c6)c5)nc5ccccc5c4c3nc2-c2ccc(C#N)cc2)cc1. The van der Waals surface area contributed by atoms with Crippen molar-refractivity contribution in [3.63, 3.8) is 0 Å². The summed E-state index contributed by atoms with van der Waals surface area (Å²) in [6.07, 6.45) is 0. The lowest BCUT2D eigenvalue weighted by Crippen LogP contribution is -1.98. The fourth-order valence-electron chi connectivity index (χ4n) is 6.31. The molecule has 0 aliphatic heterocycles. The van der Waals surface area contributed by atoms with E-state index in [1.807, 2.05) is 24.3 Å². The van der Waals surface area contributed by atoms with Crippen LogP contribution in [0.4, 0.5) is 24.5 Å². The first-order valence-electron chi connectivity index (χ1n) is 15.6. The predicted molar refractivity (Wildman–Crippen MR) is 191 cm³/mol. The molecule has 0 fully saturated rings. The van der Waals surface area contributed by atoms with Crippen molar-refractivity contribution >= 4 is 44.1 Å². The fourth-order valence-corrected chi connectivity index (χ4v) is 6.31. The van der Waals surface area contributed by atoms with Crippen LogP contribution >= 0.6 is 0 Å². The highest BCUT2D eigenvalue weighted by Crippen LogP contribution is 2.44. The molecule has 0 radical (unpaired) electrons. The van der Waals surface area contributed by atoms with Crippen molar-refractivity contribution in [1.82, 2.24) is 15.0 Å². The molecule has 0 unspecified atom stereocenters. The zero-order valence-corrected chi connectivity index (χ0v) is 26.3. The molecule has 0 atom stereocenters. The Bertz CT molecular complexity index is 2840. The van der Waals surface area contributed by atoms with Gasteiger partial charge in [0.15, 0.2) is 28.8 Å². The number of nitrogens with zero attached hydrogens (tertiary/aromatic N) is 6. The Balaban J connectivity index is 1.47. The van der Waals surface area contributed by atoms with Crippen LogP contribution in [0.15, 0.2) is 115 Å². The van der Waals surface area contributed by atoms with Crippen LogP contribution < -0.4 is 0 Å². The number of rotatable bonds is 4. The number of hydrogen-bond acceptors (Lipinski definition) is 4. The highest BCUT2D eigenvalue weighted by atomic mass is 19.2. The number of hydrogen-bond donors (Lipinski definition) is 0. The van der Waals surface area contributed by atoms with Crippen LogP contribution in [0.1, 0.15) is 5.56 Å². The van der Waals surface area contributed by atoms with Gasteiger partial charge in [-0.15, -0.1) is 0 Å². The van der Waals surface area contributed by atoms with Gasteiger partial charge >= 0.3 is 0 Å². The molecular formula is C42H19F3N6. The van der Waals surface area contributed by atoms with Crippen molar-refractivity contribution in [2.45, 2.75) is 0 Å². The molecule has 8 aromatic rings. The molecule has 0 N–H and O–H groups in total. The molecule has 6 nitrogen and oxygen atoms in total. The number of nitriles is 1. The first kappa shape index (κ1) is 30.9. The average Bonchev–Trinajstić information content (AvgIpc) is 3.18. The van der Waals surface area contributed by atoms with Crippen molar-refractivity contribution in [1.29, 1.82) is 5.26 Å². The highest BCUT2D eigenvalue weighted by Gasteiger charge is 2.22. The third-order valence-corrected chi connectivity index (χ3v) is 8.71. The minimum absolute atomic E-state index is 0.143. The van der Waals surface area contributed by atoms with Crippen molar-refractivity contribution in [2.75, 3.05) is 0 Å². The first-order chi connectivity index (χ1) is 24.9. The van der Waals surface area contributed by atoms with Crippen LogP contribution in [0.3, 0.4) is 0 Å². The molecule has 0 bridgehead atoms. The van der Waals surface area contributed by atoms with Gasteiger partial charge in [-0.1, -0.05) is 72.8 Å². The van der Waals surface area contributed by atoms with Gasteiger partial charge in [0.05, 0.1) is 58.4 Å². The maximum Gasteiger partial charge on any atom is 0.199 e. The minimum Gasteiger partial charge on any atom is -0.248 e. The number of para-hydroxylation sites is 1. The summed E-state index contributed by atoms with van der Waals surface area (Å²) in [7, 11) is 0. The molecule has 51 heavy (non-hydrogen) atoms. The number of benzene rings is 6. The van der Waals surface area contributed by atoms with Crippen LogP contribution in [0.25, 0.3) is 87.3 Å². The second-order valence-corrected chi connectivity index (χ2v) is 11.7. The molecule has 0 amide bonds. The number of halogens is 3. The van der Waals surface area contributed by atoms with Gasteiger partial charge in [-0.2, -0.15) is 5.26 Å². The maximum absolute atomic E-state index is 14.2. The van der Waals surface area contributed by atoms with E-state index in [1.54, 1.807) is 78.9 Å². The second kappa shape index (κ2) is 12.2. The molecule has 0 saturated carbocycles. The van der Waals surface area contributed by atoms with Crippen LogP contribution in [0.5, 0.6) is 0 Å². The minimum atomic E-state index is -1.55. The van der Waals surface area contributed by atoms with E-state index in [0.29, 0.717) is 77.9 Å². The van der Waals surface area contributed by atoms with Crippen molar-refractivity contribution < 1.29 is 13.2 Å². The van der Waals surface area contributed by atoms with E-state index in [0.717, 1.165) is 17.5 Å². The summed E-state index contributed by atoms with van der Waals surface area (Å²) in [5.74, 6) is -4.15. The lowest BCUT2D eigenvalue weighted by atomic mass is 9.94. The predicted octanol–water partition coefficient (Wildman–Crippen LogP) is 11.4. The van der Waals surface area contributed by atoms with E-state index >= 15 is 0 Å². The second-order valence-electron chi connectivity index (χ2n) is 11.7. The Morgan fingerprint density at radius 2 is 1.20 bits per heavy atom. The van der Waals surface area contributed by atoms with E-state index in [-0.39, 0.29) is 11.3 Å². The monoisotopic (exact) mass is 664 g/mol. The van der Waals surface area contributed by atoms with E-state index in [9.17, 15) is 18.4 Å². The highest BCUT2D eigenvalue weighted by molar-refractivity contribution is 6.25. The van der Waals surface area contributed by atoms with E-state index < -0.39 is 17.5 Å². The van der Waals surface area contributed by atoms with Gasteiger partial charge in [-0.25, -0.2) is 37.8 Å². The van der Waals surface area contributed by atoms with Gasteiger partial charge in [-0.3, -0.25) is 0 Å². The van der Waals surface area contributed by atoms with Gasteiger partial charge < -0.3 is 0 Å². The Labute approximate surface area is 289 Å². The quantitative estimate of drug-likeness (QED) is 0.107. The van der Waals surface area contributed by atoms with Gasteiger partial charge in [0.2, 0.25) is 0 Å². The number of pyridine rings is 1. The molecule has 0 aliphatic rings. The van der Waals surface area contributed by atoms with Crippen LogP contribution in [-0.2, 0) is 0 Å². The van der Waals surface area contributed by atoms with Gasteiger partial charge in [0, 0.05) is 27.3 Å². The van der Waals surface area contributed by atoms with Crippen molar-refractivity contribution in [3.05, 3.63) is 161 Å².